The molecule has 56 heavy (non-hydrogen) atoms. The van der Waals surface area contributed by atoms with Crippen LogP contribution >= 0.6 is 24.4 Å². The van der Waals surface area contributed by atoms with Crippen LogP contribution in [0.2, 0.25) is 0 Å². The number of hydrogen-bond donors (Lipinski definition) is 3. The smallest absolute Gasteiger partial charge is 0.411 e. The lowest BCUT2D eigenvalue weighted by atomic mass is 9.92. The molecule has 6 aromatic rings. The second-order valence-electron chi connectivity index (χ2n) is 17.1. The number of carbonyl (C=O) groups excluding carboxylic acids is 2. The largest absolute Gasteiger partial charge is 0.444 e. The highest BCUT2D eigenvalue weighted by atomic mass is 32.2. The lowest BCUT2D eigenvalue weighted by Crippen LogP contribution is -2.54. The van der Waals surface area contributed by atoms with Crippen molar-refractivity contribution in [3.63, 3.8) is 0 Å². The molecule has 290 valence electrons. The van der Waals surface area contributed by atoms with Crippen molar-refractivity contribution in [3.8, 4) is 22.5 Å². The second kappa shape index (κ2) is 13.4. The topological polar surface area (TPSA) is 142 Å². The fourth-order valence-electron chi connectivity index (χ4n) is 8.06. The number of imidazole rings is 2. The van der Waals surface area contributed by atoms with Crippen LogP contribution in [0.3, 0.4) is 0 Å². The molecule has 3 saturated heterocycles. The van der Waals surface area contributed by atoms with Gasteiger partial charge in [0.2, 0.25) is 0 Å². The summed E-state index contributed by atoms with van der Waals surface area (Å²) in [5, 5.41) is 1.27. The molecule has 14 heteroatoms. The Morgan fingerprint density at radius 3 is 2.23 bits per heavy atom. The molecule has 3 aliphatic rings. The molecule has 3 aromatic heterocycles. The number of aromatic nitrogens is 6. The molecule has 0 spiro atoms. The SMILES string of the molecule is CC(C)(C)OC(=O)N1CCCC2C(c3nc4ccc(-c5ccc6nc(-c7ccc8nc(C9(S)CCCN9C(=O)OC(C)(C)C)[nH]c8c7)ncc6c5)cc4[nH]3)SC21. The standard InChI is InChI=1S/C42H46N8O4S2/c1-40(2,3)53-38(51)49-17-7-9-27-33(56-36(27)49)35-45-29-14-11-24(20-31(29)46-35)23-10-13-28-26(19-23)22-43-34(44-28)25-12-15-30-32(21-25)48-37(47-30)42(55)16-8-18-50(42)39(52)54-41(4,5)6/h10-15,19-22,27,33,36,55H,7-9,16-18H2,1-6H3,(H,45,46)(H,47,48). The van der Waals surface area contributed by atoms with Gasteiger partial charge in [0.05, 0.1) is 38.2 Å². The van der Waals surface area contributed by atoms with Crippen LogP contribution in [-0.4, -0.2) is 81.6 Å². The quantitative estimate of drug-likeness (QED) is 0.149. The van der Waals surface area contributed by atoms with Crippen molar-refractivity contribution in [1.82, 2.24) is 39.7 Å². The third-order valence-corrected chi connectivity index (χ3v) is 13.1. The number of nitrogens with one attached hydrogen (secondary N) is 2. The predicted molar refractivity (Wildman–Crippen MR) is 222 cm³/mol. The first kappa shape index (κ1) is 36.8. The Morgan fingerprint density at radius 2 is 1.46 bits per heavy atom. The van der Waals surface area contributed by atoms with Gasteiger partial charge in [0, 0.05) is 36.2 Å². The number of carbonyl (C=O) groups is 2. The lowest BCUT2D eigenvalue weighted by Gasteiger charge is -2.51. The summed E-state index contributed by atoms with van der Waals surface area (Å²) in [4.78, 5) is 55.2. The van der Waals surface area contributed by atoms with Gasteiger partial charge in [-0.15, -0.1) is 24.4 Å². The summed E-state index contributed by atoms with van der Waals surface area (Å²) in [7, 11) is 0. The maximum absolute atomic E-state index is 13.1. The van der Waals surface area contributed by atoms with E-state index in [-0.39, 0.29) is 16.7 Å². The molecule has 9 rings (SSSR count). The minimum absolute atomic E-state index is 0.120. The van der Waals surface area contributed by atoms with Gasteiger partial charge in [-0.25, -0.2) is 29.5 Å². The molecule has 0 radical (unpaired) electrons. The van der Waals surface area contributed by atoms with E-state index in [1.165, 1.54) is 0 Å². The number of amides is 2. The molecule has 0 bridgehead atoms. The van der Waals surface area contributed by atoms with Gasteiger partial charge in [-0.3, -0.25) is 9.80 Å². The van der Waals surface area contributed by atoms with Gasteiger partial charge in [0.15, 0.2) is 5.82 Å². The van der Waals surface area contributed by atoms with E-state index in [1.807, 2.05) is 76.9 Å². The summed E-state index contributed by atoms with van der Waals surface area (Å²) in [6, 6.07) is 18.5. The summed E-state index contributed by atoms with van der Waals surface area (Å²) in [5.74, 6) is 2.53. The molecule has 2 N–H and O–H groups in total. The van der Waals surface area contributed by atoms with Gasteiger partial charge in [-0.1, -0.05) is 12.1 Å². The van der Waals surface area contributed by atoms with E-state index in [4.69, 9.17) is 42.0 Å². The Labute approximate surface area is 335 Å². The summed E-state index contributed by atoms with van der Waals surface area (Å²) in [6.07, 6.45) is 4.73. The maximum atomic E-state index is 13.1. The molecule has 0 aliphatic carbocycles. The average molecular weight is 791 g/mol. The number of hydrogen-bond acceptors (Lipinski definition) is 10. The number of nitrogens with zero attached hydrogens (tertiary/aromatic N) is 6. The van der Waals surface area contributed by atoms with Crippen LogP contribution < -0.4 is 0 Å². The van der Waals surface area contributed by atoms with Gasteiger partial charge >= 0.3 is 12.2 Å². The normalized spacial score (nSPS) is 22.7. The molecule has 2 amide bonds. The summed E-state index contributed by atoms with van der Waals surface area (Å²) >= 11 is 6.78. The van der Waals surface area contributed by atoms with Crippen LogP contribution in [0.5, 0.6) is 0 Å². The molecule has 4 unspecified atom stereocenters. The third kappa shape index (κ3) is 6.74. The van der Waals surface area contributed by atoms with Crippen LogP contribution in [0.15, 0.2) is 60.8 Å². The molecular weight excluding hydrogens is 745 g/mol. The van der Waals surface area contributed by atoms with Crippen LogP contribution in [0.4, 0.5) is 9.59 Å². The molecule has 0 saturated carbocycles. The van der Waals surface area contributed by atoms with E-state index < -0.39 is 22.2 Å². The maximum Gasteiger partial charge on any atom is 0.411 e. The molecule has 6 heterocycles. The first-order chi connectivity index (χ1) is 26.6. The fraction of sp³-hybridized carbons (Fsp3) is 0.429. The van der Waals surface area contributed by atoms with E-state index >= 15 is 0 Å². The molecule has 3 fully saturated rings. The minimum atomic E-state index is -0.899. The lowest BCUT2D eigenvalue weighted by molar-refractivity contribution is 0.00886. The van der Waals surface area contributed by atoms with Crippen molar-refractivity contribution in [2.45, 2.75) is 93.9 Å². The van der Waals surface area contributed by atoms with Crippen LogP contribution in [0.1, 0.15) is 84.1 Å². The number of rotatable bonds is 4. The number of H-pyrrole nitrogens is 2. The highest BCUT2D eigenvalue weighted by Crippen LogP contribution is 2.57. The van der Waals surface area contributed by atoms with E-state index in [2.05, 4.69) is 40.3 Å². The first-order valence-electron chi connectivity index (χ1n) is 19.3. The third-order valence-electron chi connectivity index (χ3n) is 10.7. The second-order valence-corrected chi connectivity index (χ2v) is 19.1. The monoisotopic (exact) mass is 790 g/mol. The molecule has 4 atom stereocenters. The Kier molecular flexibility index (Phi) is 8.80. The van der Waals surface area contributed by atoms with Crippen LogP contribution in [0.25, 0.3) is 55.5 Å². The summed E-state index contributed by atoms with van der Waals surface area (Å²) in [5.41, 5.74) is 6.20. The van der Waals surface area contributed by atoms with Gasteiger partial charge in [0.25, 0.3) is 0 Å². The summed E-state index contributed by atoms with van der Waals surface area (Å²) < 4.78 is 11.4. The van der Waals surface area contributed by atoms with Crippen molar-refractivity contribution in [2.24, 2.45) is 5.92 Å². The number of benzene rings is 3. The number of ether oxygens (including phenoxy) is 2. The summed E-state index contributed by atoms with van der Waals surface area (Å²) in [6.45, 7) is 12.6. The Hall–Kier alpha value is -4.82. The van der Waals surface area contributed by atoms with Crippen LogP contribution in [-0.2, 0) is 14.3 Å². The van der Waals surface area contributed by atoms with Gasteiger partial charge in [0.1, 0.15) is 27.7 Å². The number of fused-ring (bicyclic) bond motifs is 4. The van der Waals surface area contributed by atoms with E-state index in [0.29, 0.717) is 30.5 Å². The van der Waals surface area contributed by atoms with Gasteiger partial charge in [-0.2, -0.15) is 0 Å². The predicted octanol–water partition coefficient (Wildman–Crippen LogP) is 9.59. The Balaban J connectivity index is 0.920. The minimum Gasteiger partial charge on any atom is -0.444 e. The Morgan fingerprint density at radius 1 is 0.804 bits per heavy atom. The van der Waals surface area contributed by atoms with E-state index in [0.717, 1.165) is 81.3 Å². The van der Waals surface area contributed by atoms with E-state index in [9.17, 15) is 9.59 Å². The van der Waals surface area contributed by atoms with Crippen molar-refractivity contribution in [2.75, 3.05) is 13.1 Å². The molecular formula is C42H46N8O4S2. The van der Waals surface area contributed by atoms with Crippen molar-refractivity contribution in [1.29, 1.82) is 0 Å². The number of piperidine rings is 1. The van der Waals surface area contributed by atoms with E-state index in [1.54, 1.807) is 16.7 Å². The highest BCUT2D eigenvalue weighted by Gasteiger charge is 2.51. The number of thiol groups is 1. The number of thioether (sulfide) groups is 1. The first-order valence-corrected chi connectivity index (χ1v) is 20.7. The fourth-order valence-corrected chi connectivity index (χ4v) is 10.1. The van der Waals surface area contributed by atoms with Crippen molar-refractivity contribution >= 4 is 69.5 Å². The average Bonchev–Trinajstić information content (AvgIpc) is 3.86. The van der Waals surface area contributed by atoms with Crippen molar-refractivity contribution in [3.05, 3.63) is 72.4 Å². The van der Waals surface area contributed by atoms with Gasteiger partial charge < -0.3 is 19.4 Å². The van der Waals surface area contributed by atoms with Gasteiger partial charge in [-0.05, 0) is 121 Å². The Bertz CT molecular complexity index is 2520. The zero-order chi connectivity index (χ0) is 39.1. The van der Waals surface area contributed by atoms with Crippen molar-refractivity contribution < 1.29 is 19.1 Å². The molecule has 3 aromatic carbocycles. The molecule has 12 nitrogen and oxygen atoms in total. The van der Waals surface area contributed by atoms with Crippen LogP contribution in [0, 0.1) is 5.92 Å². The zero-order valence-corrected chi connectivity index (χ0v) is 34.1. The molecule has 3 aliphatic heterocycles. The number of likely N-dealkylation sites (tertiary alicyclic amines) is 2. The zero-order valence-electron chi connectivity index (χ0n) is 32.4. The highest BCUT2D eigenvalue weighted by molar-refractivity contribution is 8.01. The number of aromatic amines is 2.